The Labute approximate surface area is 146 Å². The third-order valence-corrected chi connectivity index (χ3v) is 5.25. The lowest BCUT2D eigenvalue weighted by Gasteiger charge is -2.34. The van der Waals surface area contributed by atoms with Crippen molar-refractivity contribution >= 4 is 28.8 Å². The fourth-order valence-electron chi connectivity index (χ4n) is 3.46. The molecule has 0 amide bonds. The molecule has 0 N–H and O–H groups in total. The van der Waals surface area contributed by atoms with Crippen molar-refractivity contribution in [2.24, 2.45) is 16.8 Å². The van der Waals surface area contributed by atoms with Gasteiger partial charge in [0, 0.05) is 29.3 Å². The molecule has 1 unspecified atom stereocenters. The second-order valence-electron chi connectivity index (χ2n) is 6.93. The van der Waals surface area contributed by atoms with E-state index in [0.717, 1.165) is 35.4 Å². The first-order valence-electron chi connectivity index (χ1n) is 8.49. The molecule has 3 rings (SSSR count). The molecule has 0 saturated heterocycles. The van der Waals surface area contributed by atoms with E-state index in [2.05, 4.69) is 4.99 Å². The Hall–Kier alpha value is -1.75. The van der Waals surface area contributed by atoms with Crippen LogP contribution in [0.5, 0.6) is 0 Å². The number of nitrogens with zero attached hydrogens (tertiary/aromatic N) is 1. The summed E-state index contributed by atoms with van der Waals surface area (Å²) in [5, 5.41) is 4.01. The molecule has 1 aromatic rings. The van der Waals surface area contributed by atoms with Gasteiger partial charge in [-0.3, -0.25) is 14.6 Å². The smallest absolute Gasteiger partial charge is 0.315 e. The van der Waals surface area contributed by atoms with Crippen LogP contribution in [0.2, 0.25) is 0 Å². The van der Waals surface area contributed by atoms with Crippen LogP contribution in [-0.4, -0.2) is 24.1 Å². The van der Waals surface area contributed by atoms with Crippen LogP contribution in [0.25, 0.3) is 0 Å². The first-order valence-corrected chi connectivity index (χ1v) is 9.43. The second kappa shape index (κ2) is 7.01. The molecule has 0 radical (unpaired) electrons. The number of Topliss-reactive ketones (excluding diaryl/α,β-unsaturated/α-hetero) is 1. The Balaban J connectivity index is 2.01. The molecule has 1 aliphatic heterocycles. The molecule has 1 aliphatic carbocycles. The Kier molecular flexibility index (Phi) is 4.99. The van der Waals surface area contributed by atoms with Crippen molar-refractivity contribution in [3.05, 3.63) is 33.7 Å². The summed E-state index contributed by atoms with van der Waals surface area (Å²) in [6.07, 6.45) is 2.20. The summed E-state index contributed by atoms with van der Waals surface area (Å²) in [4.78, 5) is 30.0. The fraction of sp³-hybridized carbons (Fsp3) is 0.526. The van der Waals surface area contributed by atoms with Crippen LogP contribution in [0.15, 0.2) is 33.1 Å². The van der Waals surface area contributed by atoms with E-state index in [1.54, 1.807) is 11.3 Å². The van der Waals surface area contributed by atoms with Crippen molar-refractivity contribution in [1.29, 1.82) is 0 Å². The maximum absolute atomic E-state index is 12.8. The summed E-state index contributed by atoms with van der Waals surface area (Å²) >= 11 is 1.58. The minimum absolute atomic E-state index is 0.130. The molecule has 0 saturated carbocycles. The molecule has 2 aliphatic rings. The number of carbonyl (C=O) groups excluding carboxylic acids is 2. The standard InChI is InChI=1S/C19H23NO3S/c1-11(2)9-23-19(22)16-12(3)20-14-5-4-6-15(21)18(14)17(16)13-7-8-24-10-13/h7-8,10-11,16-17H,4-6,9H2,1-3H3/t16?,17-/m1/s1. The molecule has 0 bridgehead atoms. The Morgan fingerprint density at radius 2 is 2.21 bits per heavy atom. The maximum atomic E-state index is 12.8. The molecule has 0 spiro atoms. The second-order valence-corrected chi connectivity index (χ2v) is 7.71. The molecular weight excluding hydrogens is 322 g/mol. The van der Waals surface area contributed by atoms with Crippen molar-refractivity contribution < 1.29 is 14.3 Å². The van der Waals surface area contributed by atoms with Crippen molar-refractivity contribution in [3.8, 4) is 0 Å². The van der Waals surface area contributed by atoms with Crippen LogP contribution in [-0.2, 0) is 14.3 Å². The zero-order chi connectivity index (χ0) is 17.3. The van der Waals surface area contributed by atoms with Gasteiger partial charge in [-0.05, 0) is 48.1 Å². The van der Waals surface area contributed by atoms with Crippen molar-refractivity contribution in [2.45, 2.75) is 46.0 Å². The van der Waals surface area contributed by atoms with Gasteiger partial charge in [0.1, 0.15) is 5.92 Å². The van der Waals surface area contributed by atoms with E-state index in [9.17, 15) is 9.59 Å². The molecule has 2 atom stereocenters. The van der Waals surface area contributed by atoms with Gasteiger partial charge < -0.3 is 4.74 Å². The molecule has 1 aromatic heterocycles. The van der Waals surface area contributed by atoms with Gasteiger partial charge in [-0.2, -0.15) is 11.3 Å². The zero-order valence-electron chi connectivity index (χ0n) is 14.4. The Bertz CT molecular complexity index is 700. The van der Waals surface area contributed by atoms with Crippen LogP contribution >= 0.6 is 11.3 Å². The number of hydrogen-bond donors (Lipinski definition) is 0. The lowest BCUT2D eigenvalue weighted by Crippen LogP contribution is -2.37. The molecule has 24 heavy (non-hydrogen) atoms. The van der Waals surface area contributed by atoms with Crippen molar-refractivity contribution in [3.63, 3.8) is 0 Å². The minimum Gasteiger partial charge on any atom is -0.465 e. The average Bonchev–Trinajstić information content (AvgIpc) is 3.05. The number of esters is 1. The van der Waals surface area contributed by atoms with E-state index in [1.165, 1.54) is 0 Å². The molecule has 0 aromatic carbocycles. The Morgan fingerprint density at radius 3 is 2.88 bits per heavy atom. The quantitative estimate of drug-likeness (QED) is 0.771. The normalized spacial score (nSPS) is 24.0. The number of carbonyl (C=O) groups is 2. The highest BCUT2D eigenvalue weighted by atomic mass is 32.1. The van der Waals surface area contributed by atoms with Gasteiger partial charge in [0.25, 0.3) is 0 Å². The summed E-state index contributed by atoms with van der Waals surface area (Å²) in [6.45, 7) is 6.29. The first-order chi connectivity index (χ1) is 11.5. The van der Waals surface area contributed by atoms with Gasteiger partial charge in [0.15, 0.2) is 5.78 Å². The van der Waals surface area contributed by atoms with Gasteiger partial charge in [0.05, 0.1) is 6.61 Å². The number of rotatable bonds is 4. The van der Waals surface area contributed by atoms with Gasteiger partial charge in [-0.25, -0.2) is 0 Å². The zero-order valence-corrected chi connectivity index (χ0v) is 15.2. The predicted molar refractivity (Wildman–Crippen MR) is 95.3 cm³/mol. The van der Waals surface area contributed by atoms with Crippen LogP contribution in [0.4, 0.5) is 0 Å². The topological polar surface area (TPSA) is 55.7 Å². The Morgan fingerprint density at radius 1 is 1.42 bits per heavy atom. The first kappa shape index (κ1) is 17.1. The van der Waals surface area contributed by atoms with Gasteiger partial charge in [-0.15, -0.1) is 0 Å². The lowest BCUT2D eigenvalue weighted by atomic mass is 9.72. The molecular formula is C19H23NO3S. The highest BCUT2D eigenvalue weighted by molar-refractivity contribution is 7.08. The van der Waals surface area contributed by atoms with E-state index < -0.39 is 5.92 Å². The highest BCUT2D eigenvalue weighted by Crippen LogP contribution is 2.44. The SMILES string of the molecule is CC1=NC2=C(C(=O)CCC2)[C@H](c2ccsc2)C1C(=O)OCC(C)C. The van der Waals surface area contributed by atoms with Crippen LogP contribution in [0, 0.1) is 11.8 Å². The van der Waals surface area contributed by atoms with E-state index in [1.807, 2.05) is 37.6 Å². The molecule has 5 heteroatoms. The number of ether oxygens (including phenoxy) is 1. The number of hydrogen-bond acceptors (Lipinski definition) is 5. The van der Waals surface area contributed by atoms with Crippen LogP contribution in [0.3, 0.4) is 0 Å². The van der Waals surface area contributed by atoms with Crippen LogP contribution < -0.4 is 0 Å². The monoisotopic (exact) mass is 345 g/mol. The summed E-state index contributed by atoms with van der Waals surface area (Å²) in [5.41, 5.74) is 3.38. The molecule has 0 fully saturated rings. The fourth-order valence-corrected chi connectivity index (χ4v) is 4.16. The number of ketones is 1. The number of thiophene rings is 1. The van der Waals surface area contributed by atoms with E-state index in [-0.39, 0.29) is 23.6 Å². The van der Waals surface area contributed by atoms with Gasteiger partial charge >= 0.3 is 5.97 Å². The number of allylic oxidation sites excluding steroid dienone is 2. The third-order valence-electron chi connectivity index (χ3n) is 4.55. The van der Waals surface area contributed by atoms with Crippen molar-refractivity contribution in [2.75, 3.05) is 6.61 Å². The predicted octanol–water partition coefficient (Wildman–Crippen LogP) is 4.13. The summed E-state index contributed by atoms with van der Waals surface area (Å²) in [7, 11) is 0. The summed E-state index contributed by atoms with van der Waals surface area (Å²) < 4.78 is 5.51. The molecule has 128 valence electrons. The lowest BCUT2D eigenvalue weighted by molar-refractivity contribution is -0.147. The minimum atomic E-state index is -0.501. The molecule has 4 nitrogen and oxygen atoms in total. The number of aliphatic imine (C=N–C) groups is 1. The van der Waals surface area contributed by atoms with E-state index >= 15 is 0 Å². The largest absolute Gasteiger partial charge is 0.465 e. The summed E-state index contributed by atoms with van der Waals surface area (Å²) in [5.74, 6) is -0.618. The van der Waals surface area contributed by atoms with Crippen LogP contribution in [0.1, 0.15) is 51.5 Å². The van der Waals surface area contributed by atoms with E-state index in [4.69, 9.17) is 4.74 Å². The third kappa shape index (κ3) is 3.22. The van der Waals surface area contributed by atoms with E-state index in [0.29, 0.717) is 13.0 Å². The molecule has 2 heterocycles. The van der Waals surface area contributed by atoms with Gasteiger partial charge in [-0.1, -0.05) is 13.8 Å². The highest BCUT2D eigenvalue weighted by Gasteiger charge is 2.43. The average molecular weight is 345 g/mol. The summed E-state index contributed by atoms with van der Waals surface area (Å²) in [6, 6.07) is 2.00. The maximum Gasteiger partial charge on any atom is 0.315 e. The van der Waals surface area contributed by atoms with Crippen molar-refractivity contribution in [1.82, 2.24) is 0 Å². The van der Waals surface area contributed by atoms with Gasteiger partial charge in [0.2, 0.25) is 0 Å².